The first-order chi connectivity index (χ1) is 26.3. The van der Waals surface area contributed by atoms with Crippen LogP contribution in [0.5, 0.6) is 0 Å². The second kappa shape index (κ2) is 12.8. The van der Waals surface area contributed by atoms with E-state index in [4.69, 9.17) is 15.0 Å². The molecule has 4 heteroatoms. The van der Waals surface area contributed by atoms with Crippen molar-refractivity contribution in [3.05, 3.63) is 200 Å². The van der Waals surface area contributed by atoms with Gasteiger partial charge in [0.25, 0.3) is 0 Å². The van der Waals surface area contributed by atoms with Crippen LogP contribution in [-0.4, -0.2) is 23.0 Å². The second-order valence-corrected chi connectivity index (χ2v) is 17.2. The highest BCUT2D eigenvalue weighted by molar-refractivity contribution is 7.23. The number of hydrogen-bond acceptors (Lipinski definition) is 3. The van der Waals surface area contributed by atoms with E-state index in [9.17, 15) is 0 Å². The van der Waals surface area contributed by atoms with Crippen molar-refractivity contribution in [1.29, 1.82) is 0 Å². The van der Waals surface area contributed by atoms with Gasteiger partial charge in [0.15, 0.2) is 25.5 Å². The molecule has 1 unspecified atom stereocenters. The summed E-state index contributed by atoms with van der Waals surface area (Å²) in [6.45, 7) is 0. The lowest BCUT2D eigenvalue weighted by Gasteiger charge is -2.32. The normalized spacial score (nSPS) is 14.5. The van der Waals surface area contributed by atoms with Gasteiger partial charge in [-0.05, 0) is 53.8 Å². The highest BCUT2D eigenvalue weighted by Gasteiger charge is 2.49. The quantitative estimate of drug-likeness (QED) is 0.163. The Balaban J connectivity index is 1.23. The molecule has 53 heavy (non-hydrogen) atoms. The topological polar surface area (TPSA) is 38.7 Å². The lowest BCUT2D eigenvalue weighted by Crippen LogP contribution is -2.73. The smallest absolute Gasteiger partial charge is 0.181 e. The van der Waals surface area contributed by atoms with Crippen LogP contribution in [0.25, 0.3) is 67.2 Å². The first kappa shape index (κ1) is 31.0. The molecule has 1 atom stereocenters. The summed E-state index contributed by atoms with van der Waals surface area (Å²) in [5.41, 5.74) is 7.74. The number of nitrogens with zero attached hydrogens (tertiary/aromatic N) is 3. The molecule has 248 valence electrons. The third-order valence-corrected chi connectivity index (χ3v) is 15.5. The van der Waals surface area contributed by atoms with E-state index in [-0.39, 0.29) is 0 Å². The molecule has 2 heterocycles. The fourth-order valence-corrected chi connectivity index (χ4v) is 13.7. The molecular formula is C49H33N3Si. The molecule has 0 N–H and O–H groups in total. The first-order valence-electron chi connectivity index (χ1n) is 18.0. The third-order valence-electron chi connectivity index (χ3n) is 10.6. The fraction of sp³-hybridized carbons (Fsp3) is 0. The molecule has 3 nitrogen and oxygen atoms in total. The van der Waals surface area contributed by atoms with Crippen LogP contribution in [-0.2, 0) is 0 Å². The van der Waals surface area contributed by atoms with E-state index in [2.05, 4.69) is 164 Å². The zero-order valence-electron chi connectivity index (χ0n) is 28.9. The molecule has 10 rings (SSSR count). The fourth-order valence-electron chi connectivity index (χ4n) is 8.30. The maximum Gasteiger partial charge on any atom is 0.181 e. The SMILES string of the molecule is c1ccc(-c2nc(-c3ccccc3)nc(-c3ccccc3-c3ccc4c(c3)[Si](c3ccccc3)(c3cccc5ccccc35)c3ccccc3-4)n2)cc1. The Morgan fingerprint density at radius 1 is 0.302 bits per heavy atom. The molecule has 0 amide bonds. The lowest BCUT2D eigenvalue weighted by atomic mass is 9.96. The molecule has 0 fully saturated rings. The van der Waals surface area contributed by atoms with Crippen LogP contribution in [0.3, 0.4) is 0 Å². The van der Waals surface area contributed by atoms with Gasteiger partial charge in [-0.15, -0.1) is 0 Å². The minimum atomic E-state index is -2.80. The van der Waals surface area contributed by atoms with Gasteiger partial charge in [0.2, 0.25) is 0 Å². The van der Waals surface area contributed by atoms with Gasteiger partial charge in [-0.2, -0.15) is 0 Å². The molecule has 1 aromatic heterocycles. The van der Waals surface area contributed by atoms with E-state index in [0.29, 0.717) is 17.5 Å². The summed E-state index contributed by atoms with van der Waals surface area (Å²) in [7, 11) is -2.80. The lowest BCUT2D eigenvalue weighted by molar-refractivity contribution is 1.07. The van der Waals surface area contributed by atoms with Crippen molar-refractivity contribution in [2.45, 2.75) is 0 Å². The van der Waals surface area contributed by atoms with E-state index in [1.165, 1.54) is 42.6 Å². The summed E-state index contributed by atoms with van der Waals surface area (Å²) >= 11 is 0. The number of fused-ring (bicyclic) bond motifs is 4. The molecule has 0 aliphatic carbocycles. The Hall–Kier alpha value is -6.75. The minimum absolute atomic E-state index is 0.651. The summed E-state index contributed by atoms with van der Waals surface area (Å²) < 4.78 is 0. The van der Waals surface area contributed by atoms with Crippen molar-refractivity contribution >= 4 is 39.6 Å². The number of rotatable bonds is 6. The Morgan fingerprint density at radius 2 is 0.811 bits per heavy atom. The summed E-state index contributed by atoms with van der Waals surface area (Å²) in [6, 6.07) is 72.0. The average Bonchev–Trinajstić information content (AvgIpc) is 3.54. The van der Waals surface area contributed by atoms with E-state index >= 15 is 0 Å². The van der Waals surface area contributed by atoms with Gasteiger partial charge in [0.1, 0.15) is 0 Å². The van der Waals surface area contributed by atoms with Crippen molar-refractivity contribution in [2.75, 3.05) is 0 Å². The standard InChI is InChI=1S/C49H33N3Si/c1-4-18-35(19-5-1)47-50-48(36-20-6-2-7-21-36)52-49(51-47)43-28-13-12-25-39(43)37-31-32-42-41-27-14-15-29-45(41)53(46(42)33-37,38-23-8-3-9-24-38)44-30-16-22-34-17-10-11-26-40(34)44/h1-33H. The summed E-state index contributed by atoms with van der Waals surface area (Å²) in [5, 5.41) is 8.20. The third kappa shape index (κ3) is 5.07. The maximum atomic E-state index is 5.13. The predicted octanol–water partition coefficient (Wildman–Crippen LogP) is 9.05. The van der Waals surface area contributed by atoms with Crippen molar-refractivity contribution < 1.29 is 0 Å². The number of benzene rings is 8. The van der Waals surface area contributed by atoms with E-state index in [1.807, 2.05) is 36.4 Å². The molecule has 9 aromatic rings. The summed E-state index contributed by atoms with van der Waals surface area (Å²) in [4.78, 5) is 15.2. The van der Waals surface area contributed by atoms with Crippen LogP contribution < -0.4 is 20.7 Å². The monoisotopic (exact) mass is 691 g/mol. The molecule has 8 aromatic carbocycles. The molecule has 0 saturated carbocycles. The predicted molar refractivity (Wildman–Crippen MR) is 222 cm³/mol. The van der Waals surface area contributed by atoms with Crippen LogP contribution in [0.15, 0.2) is 200 Å². The first-order valence-corrected chi connectivity index (χ1v) is 20.0. The molecule has 1 aliphatic rings. The van der Waals surface area contributed by atoms with Gasteiger partial charge in [-0.25, -0.2) is 15.0 Å². The number of aromatic nitrogens is 3. The largest absolute Gasteiger partial charge is 0.208 e. The zero-order valence-corrected chi connectivity index (χ0v) is 29.9. The zero-order chi connectivity index (χ0) is 35.2. The minimum Gasteiger partial charge on any atom is -0.208 e. The Bertz CT molecular complexity index is 2720. The van der Waals surface area contributed by atoms with Gasteiger partial charge in [-0.3, -0.25) is 0 Å². The van der Waals surface area contributed by atoms with Crippen LogP contribution in [0.4, 0.5) is 0 Å². The highest BCUT2D eigenvalue weighted by Crippen LogP contribution is 2.36. The average molecular weight is 692 g/mol. The number of hydrogen-bond donors (Lipinski definition) is 0. The van der Waals surface area contributed by atoms with Gasteiger partial charge in [0.05, 0.1) is 0 Å². The maximum absolute atomic E-state index is 5.13. The van der Waals surface area contributed by atoms with Gasteiger partial charge < -0.3 is 0 Å². The van der Waals surface area contributed by atoms with Gasteiger partial charge >= 0.3 is 0 Å². The van der Waals surface area contributed by atoms with E-state index in [0.717, 1.165) is 27.8 Å². The molecular weight excluding hydrogens is 659 g/mol. The van der Waals surface area contributed by atoms with Crippen molar-refractivity contribution in [3.8, 4) is 56.4 Å². The highest BCUT2D eigenvalue weighted by atomic mass is 28.3. The van der Waals surface area contributed by atoms with Crippen molar-refractivity contribution in [1.82, 2.24) is 15.0 Å². The molecule has 0 radical (unpaired) electrons. The molecule has 0 spiro atoms. The van der Waals surface area contributed by atoms with Crippen LogP contribution >= 0.6 is 0 Å². The van der Waals surface area contributed by atoms with E-state index < -0.39 is 8.07 Å². The molecule has 0 bridgehead atoms. The Labute approximate surface area is 310 Å². The summed E-state index contributed by atoms with van der Waals surface area (Å²) in [6.07, 6.45) is 0. The molecule has 1 aliphatic heterocycles. The van der Waals surface area contributed by atoms with Gasteiger partial charge in [-0.1, -0.05) is 200 Å². The second-order valence-electron chi connectivity index (χ2n) is 13.5. The van der Waals surface area contributed by atoms with Crippen molar-refractivity contribution in [2.24, 2.45) is 0 Å². The van der Waals surface area contributed by atoms with Gasteiger partial charge in [0, 0.05) is 16.7 Å². The van der Waals surface area contributed by atoms with Crippen LogP contribution in [0.1, 0.15) is 0 Å². The van der Waals surface area contributed by atoms with Crippen LogP contribution in [0, 0.1) is 0 Å². The van der Waals surface area contributed by atoms with Crippen LogP contribution in [0.2, 0.25) is 0 Å². The Morgan fingerprint density at radius 3 is 1.53 bits per heavy atom. The summed E-state index contributed by atoms with van der Waals surface area (Å²) in [5.74, 6) is 1.96. The Kier molecular flexibility index (Phi) is 7.48. The van der Waals surface area contributed by atoms with Crippen molar-refractivity contribution in [3.63, 3.8) is 0 Å². The van der Waals surface area contributed by atoms with E-state index in [1.54, 1.807) is 0 Å². The molecule has 0 saturated heterocycles.